The minimum absolute atomic E-state index is 0.283. The molecule has 0 saturated carbocycles. The van der Waals surface area contributed by atoms with Gasteiger partial charge in [-0.1, -0.05) is 96.3 Å². The highest BCUT2D eigenvalue weighted by Gasteiger charge is 2.13. The van der Waals surface area contributed by atoms with E-state index in [2.05, 4.69) is 13.8 Å². The van der Waals surface area contributed by atoms with Crippen LogP contribution >= 0.6 is 0 Å². The molecule has 0 heterocycles. The lowest BCUT2D eigenvalue weighted by Gasteiger charge is -2.12. The van der Waals surface area contributed by atoms with Gasteiger partial charge in [-0.3, -0.25) is 0 Å². The molecule has 0 aliphatic rings. The second kappa shape index (κ2) is 12.5. The molecule has 1 aromatic carbocycles. The maximum atomic E-state index is 11.6. The van der Waals surface area contributed by atoms with Gasteiger partial charge >= 0.3 is 0 Å². The highest BCUT2D eigenvalue weighted by atomic mass is 32.2. The Kier molecular flexibility index (Phi) is 11.1. The molecular formula is C21H37NO2S. The molecule has 25 heavy (non-hydrogen) atoms. The quantitative estimate of drug-likeness (QED) is 0.421. The Morgan fingerprint density at radius 1 is 0.880 bits per heavy atom. The molecule has 0 spiro atoms. The van der Waals surface area contributed by atoms with Crippen LogP contribution in [0, 0.1) is 5.92 Å². The zero-order valence-electron chi connectivity index (χ0n) is 16.2. The zero-order chi connectivity index (χ0) is 18.5. The van der Waals surface area contributed by atoms with Gasteiger partial charge in [0.05, 0.1) is 4.90 Å². The fourth-order valence-electron chi connectivity index (χ4n) is 3.40. The van der Waals surface area contributed by atoms with Crippen molar-refractivity contribution in [3.63, 3.8) is 0 Å². The van der Waals surface area contributed by atoms with Crippen molar-refractivity contribution >= 4 is 10.0 Å². The van der Waals surface area contributed by atoms with Gasteiger partial charge in [0.15, 0.2) is 0 Å². The van der Waals surface area contributed by atoms with Crippen molar-refractivity contribution in [2.24, 2.45) is 11.1 Å². The third-order valence-electron chi connectivity index (χ3n) is 4.97. The second-order valence-electron chi connectivity index (χ2n) is 7.41. The maximum Gasteiger partial charge on any atom is 0.238 e. The molecule has 0 aliphatic heterocycles. The van der Waals surface area contributed by atoms with Gasteiger partial charge < -0.3 is 0 Å². The van der Waals surface area contributed by atoms with E-state index in [1.165, 1.54) is 57.8 Å². The molecule has 0 bridgehead atoms. The standard InChI is InChI=1S/C21H37NO2S/c1-3-4-5-6-7-8-9-10-14-19(2)15-13-17-20-16-11-12-18-21(20)25(22,23)24/h11-12,16,18-19H,3-10,13-15,17H2,1-2H3,(H2,22,23,24)/t19-/m0/s1. The van der Waals surface area contributed by atoms with Crippen molar-refractivity contribution in [3.05, 3.63) is 29.8 Å². The molecule has 0 saturated heterocycles. The highest BCUT2D eigenvalue weighted by Crippen LogP contribution is 2.20. The number of hydrogen-bond donors (Lipinski definition) is 1. The van der Waals surface area contributed by atoms with Crippen molar-refractivity contribution in [1.82, 2.24) is 0 Å². The summed E-state index contributed by atoms with van der Waals surface area (Å²) in [5, 5.41) is 5.29. The average molecular weight is 368 g/mol. The molecule has 0 radical (unpaired) electrons. The van der Waals surface area contributed by atoms with E-state index in [1.807, 2.05) is 12.1 Å². The fourth-order valence-corrected chi connectivity index (χ4v) is 4.20. The number of aryl methyl sites for hydroxylation is 1. The summed E-state index contributed by atoms with van der Waals surface area (Å²) in [5.41, 5.74) is 0.851. The number of primary sulfonamides is 1. The van der Waals surface area contributed by atoms with E-state index < -0.39 is 10.0 Å². The number of sulfonamides is 1. The zero-order valence-corrected chi connectivity index (χ0v) is 17.0. The lowest BCUT2D eigenvalue weighted by molar-refractivity contribution is 0.442. The first-order valence-electron chi connectivity index (χ1n) is 10.1. The van der Waals surface area contributed by atoms with E-state index in [-0.39, 0.29) is 4.90 Å². The van der Waals surface area contributed by atoms with Crippen molar-refractivity contribution in [3.8, 4) is 0 Å². The Morgan fingerprint density at radius 3 is 2.08 bits per heavy atom. The van der Waals surface area contributed by atoms with Gasteiger partial charge in [0.1, 0.15) is 0 Å². The van der Waals surface area contributed by atoms with Gasteiger partial charge in [0, 0.05) is 0 Å². The van der Waals surface area contributed by atoms with E-state index in [9.17, 15) is 8.42 Å². The Labute approximate surface area is 155 Å². The number of nitrogens with two attached hydrogens (primary N) is 1. The molecule has 0 fully saturated rings. The predicted molar refractivity (Wildman–Crippen MR) is 107 cm³/mol. The molecule has 4 heteroatoms. The van der Waals surface area contributed by atoms with Crippen molar-refractivity contribution in [2.45, 2.75) is 95.8 Å². The van der Waals surface area contributed by atoms with Crippen LogP contribution in [0.2, 0.25) is 0 Å². The van der Waals surface area contributed by atoms with Crippen LogP contribution in [0.15, 0.2) is 29.2 Å². The number of rotatable bonds is 14. The molecule has 2 N–H and O–H groups in total. The van der Waals surface area contributed by atoms with E-state index in [4.69, 9.17) is 5.14 Å². The first-order chi connectivity index (χ1) is 11.9. The van der Waals surface area contributed by atoms with Gasteiger partial charge in [-0.15, -0.1) is 0 Å². The van der Waals surface area contributed by atoms with Crippen LogP contribution < -0.4 is 5.14 Å². The Morgan fingerprint density at radius 2 is 1.44 bits per heavy atom. The molecule has 1 rings (SSSR count). The van der Waals surface area contributed by atoms with Gasteiger partial charge in [-0.05, 0) is 30.4 Å². The summed E-state index contributed by atoms with van der Waals surface area (Å²) in [7, 11) is -3.61. The van der Waals surface area contributed by atoms with Crippen LogP contribution in [-0.2, 0) is 16.4 Å². The Balaban J connectivity index is 2.16. The molecule has 0 aromatic heterocycles. The fraction of sp³-hybridized carbons (Fsp3) is 0.714. The van der Waals surface area contributed by atoms with Crippen molar-refractivity contribution in [1.29, 1.82) is 0 Å². The summed E-state index contributed by atoms with van der Waals surface area (Å²) in [6.07, 6.45) is 15.2. The molecule has 0 unspecified atom stereocenters. The van der Waals surface area contributed by atoms with Crippen LogP contribution in [0.4, 0.5) is 0 Å². The van der Waals surface area contributed by atoms with Crippen molar-refractivity contribution in [2.75, 3.05) is 0 Å². The summed E-state index contributed by atoms with van der Waals surface area (Å²) in [6.45, 7) is 4.57. The number of hydrogen-bond acceptors (Lipinski definition) is 2. The summed E-state index contributed by atoms with van der Waals surface area (Å²) < 4.78 is 23.2. The van der Waals surface area contributed by atoms with Crippen LogP contribution in [0.5, 0.6) is 0 Å². The summed E-state index contributed by atoms with van der Waals surface area (Å²) in [6, 6.07) is 7.10. The first kappa shape index (κ1) is 22.2. The van der Waals surface area contributed by atoms with E-state index >= 15 is 0 Å². The first-order valence-corrected chi connectivity index (χ1v) is 11.6. The van der Waals surface area contributed by atoms with Crippen LogP contribution in [0.25, 0.3) is 0 Å². The molecule has 144 valence electrons. The third-order valence-corrected chi connectivity index (χ3v) is 5.98. The minimum Gasteiger partial charge on any atom is -0.225 e. The Hall–Kier alpha value is -0.870. The summed E-state index contributed by atoms with van der Waals surface area (Å²) >= 11 is 0. The summed E-state index contributed by atoms with van der Waals surface area (Å²) in [4.78, 5) is 0.283. The van der Waals surface area contributed by atoms with Gasteiger partial charge in [-0.25, -0.2) is 13.6 Å². The maximum absolute atomic E-state index is 11.6. The van der Waals surface area contributed by atoms with E-state index in [1.54, 1.807) is 12.1 Å². The van der Waals surface area contributed by atoms with Crippen LogP contribution in [0.1, 0.15) is 90.0 Å². The van der Waals surface area contributed by atoms with Crippen molar-refractivity contribution < 1.29 is 8.42 Å². The highest BCUT2D eigenvalue weighted by molar-refractivity contribution is 7.89. The van der Waals surface area contributed by atoms with Gasteiger partial charge in [0.2, 0.25) is 10.0 Å². The lowest BCUT2D eigenvalue weighted by Crippen LogP contribution is -2.14. The number of unbranched alkanes of at least 4 members (excludes halogenated alkanes) is 7. The molecule has 1 aromatic rings. The lowest BCUT2D eigenvalue weighted by atomic mass is 9.95. The molecule has 3 nitrogen and oxygen atoms in total. The second-order valence-corrected chi connectivity index (χ2v) is 8.94. The normalized spacial score (nSPS) is 13.1. The third kappa shape index (κ3) is 10.0. The Bertz CT molecular complexity index is 569. The number of benzene rings is 1. The molecule has 0 aliphatic carbocycles. The molecular weight excluding hydrogens is 330 g/mol. The average Bonchev–Trinajstić information content (AvgIpc) is 2.57. The van der Waals surface area contributed by atoms with Gasteiger partial charge in [0.25, 0.3) is 0 Å². The predicted octanol–water partition coefficient (Wildman–Crippen LogP) is 5.82. The SMILES string of the molecule is CCCCCCCCCC[C@H](C)CCCc1ccccc1S(N)(=O)=O. The van der Waals surface area contributed by atoms with E-state index in [0.29, 0.717) is 5.92 Å². The molecule has 0 amide bonds. The van der Waals surface area contributed by atoms with Crippen LogP contribution in [0.3, 0.4) is 0 Å². The smallest absolute Gasteiger partial charge is 0.225 e. The minimum atomic E-state index is -3.61. The largest absolute Gasteiger partial charge is 0.238 e. The monoisotopic (exact) mass is 367 g/mol. The molecule has 1 atom stereocenters. The van der Waals surface area contributed by atoms with E-state index in [0.717, 1.165) is 24.8 Å². The summed E-state index contributed by atoms with van der Waals surface area (Å²) in [5.74, 6) is 0.710. The van der Waals surface area contributed by atoms with Gasteiger partial charge in [-0.2, -0.15) is 0 Å². The topological polar surface area (TPSA) is 60.2 Å². The van der Waals surface area contributed by atoms with Crippen LogP contribution in [-0.4, -0.2) is 8.42 Å².